The fourth-order valence-corrected chi connectivity index (χ4v) is 4.17. The number of rotatable bonds is 10. The Bertz CT molecular complexity index is 783. The molecule has 1 aliphatic rings. The zero-order valence-electron chi connectivity index (χ0n) is 18.6. The lowest BCUT2D eigenvalue weighted by molar-refractivity contribution is -0.122. The molecule has 2 aromatic rings. The molecule has 6 heteroatoms. The molecule has 3 rings (SSSR count). The van der Waals surface area contributed by atoms with E-state index in [0.717, 1.165) is 49.9 Å². The van der Waals surface area contributed by atoms with Gasteiger partial charge in [0, 0.05) is 25.9 Å². The Labute approximate surface area is 190 Å². The molecular weight excluding hydrogens is 404 g/mol. The number of nitrogens with one attached hydrogen (secondary N) is 2. The Balaban J connectivity index is 1.24. The molecule has 32 heavy (non-hydrogen) atoms. The summed E-state index contributed by atoms with van der Waals surface area (Å²) < 4.78 is 0. The Morgan fingerprint density at radius 3 is 1.34 bits per heavy atom. The molecule has 0 radical (unpaired) electrons. The van der Waals surface area contributed by atoms with E-state index < -0.39 is 0 Å². The molecule has 0 saturated heterocycles. The van der Waals surface area contributed by atoms with Crippen LogP contribution in [0.25, 0.3) is 0 Å². The highest BCUT2D eigenvalue weighted by Crippen LogP contribution is 2.28. The minimum absolute atomic E-state index is 0.0705. The second-order valence-corrected chi connectivity index (χ2v) is 8.83. The highest BCUT2D eigenvalue weighted by molar-refractivity contribution is 5.76. The van der Waals surface area contributed by atoms with Crippen molar-refractivity contribution in [3.63, 3.8) is 0 Å². The van der Waals surface area contributed by atoms with Gasteiger partial charge in [0.2, 0.25) is 11.8 Å². The van der Waals surface area contributed by atoms with Gasteiger partial charge >= 0.3 is 0 Å². The first-order valence-corrected chi connectivity index (χ1v) is 11.6. The van der Waals surface area contributed by atoms with Gasteiger partial charge in [-0.1, -0.05) is 24.3 Å². The van der Waals surface area contributed by atoms with E-state index >= 15 is 0 Å². The van der Waals surface area contributed by atoms with E-state index in [-0.39, 0.29) is 23.3 Å². The van der Waals surface area contributed by atoms with Gasteiger partial charge in [0.05, 0.1) is 0 Å². The second kappa shape index (κ2) is 12.1. The predicted octanol–water partition coefficient (Wildman–Crippen LogP) is 3.70. The van der Waals surface area contributed by atoms with E-state index in [1.807, 2.05) is 24.3 Å². The standard InChI is InChI=1S/C26H34N2O4/c29-23-11-5-19(6-12-23)9-15-25(31)27-17-21-1-2-22(4-3-21)18-28-26(32)16-10-20-7-13-24(30)14-8-20/h5-8,11-14,21-22,29-30H,1-4,9-10,15-18H2,(H,27,31)(H,28,32). The van der Waals surface area contributed by atoms with Crippen molar-refractivity contribution in [1.29, 1.82) is 0 Å². The third-order valence-corrected chi connectivity index (χ3v) is 6.30. The summed E-state index contributed by atoms with van der Waals surface area (Å²) in [5, 5.41) is 24.7. The van der Waals surface area contributed by atoms with Crippen LogP contribution in [-0.2, 0) is 22.4 Å². The molecule has 172 valence electrons. The molecule has 1 fully saturated rings. The molecule has 4 N–H and O–H groups in total. The fraction of sp³-hybridized carbons (Fsp3) is 0.462. The highest BCUT2D eigenvalue weighted by atomic mass is 16.3. The molecule has 0 aliphatic heterocycles. The summed E-state index contributed by atoms with van der Waals surface area (Å²) in [4.78, 5) is 24.3. The van der Waals surface area contributed by atoms with Crippen molar-refractivity contribution in [2.45, 2.75) is 51.4 Å². The van der Waals surface area contributed by atoms with E-state index in [1.165, 1.54) is 0 Å². The minimum Gasteiger partial charge on any atom is -0.508 e. The van der Waals surface area contributed by atoms with Crippen LogP contribution in [-0.4, -0.2) is 35.1 Å². The third kappa shape index (κ3) is 8.25. The average molecular weight is 439 g/mol. The first-order valence-electron chi connectivity index (χ1n) is 11.6. The van der Waals surface area contributed by atoms with Gasteiger partial charge in [-0.15, -0.1) is 0 Å². The topological polar surface area (TPSA) is 98.7 Å². The Kier molecular flexibility index (Phi) is 8.96. The lowest BCUT2D eigenvalue weighted by Crippen LogP contribution is -2.34. The molecule has 0 unspecified atom stereocenters. The maximum Gasteiger partial charge on any atom is 0.220 e. The van der Waals surface area contributed by atoms with Crippen molar-refractivity contribution in [3.8, 4) is 11.5 Å². The van der Waals surface area contributed by atoms with Crippen molar-refractivity contribution < 1.29 is 19.8 Å². The summed E-state index contributed by atoms with van der Waals surface area (Å²) in [5.41, 5.74) is 2.09. The van der Waals surface area contributed by atoms with Crippen molar-refractivity contribution >= 4 is 11.8 Å². The number of carbonyl (C=O) groups excluding carboxylic acids is 2. The Hall–Kier alpha value is -3.02. The maximum absolute atomic E-state index is 12.1. The number of hydrogen-bond donors (Lipinski definition) is 4. The van der Waals surface area contributed by atoms with Gasteiger partial charge in [-0.3, -0.25) is 9.59 Å². The van der Waals surface area contributed by atoms with Gasteiger partial charge in [0.25, 0.3) is 0 Å². The van der Waals surface area contributed by atoms with Crippen LogP contribution >= 0.6 is 0 Å². The first-order chi connectivity index (χ1) is 15.5. The number of hydrogen-bond acceptors (Lipinski definition) is 4. The van der Waals surface area contributed by atoms with Crippen LogP contribution in [0.5, 0.6) is 11.5 Å². The summed E-state index contributed by atoms with van der Waals surface area (Å²) in [7, 11) is 0. The third-order valence-electron chi connectivity index (χ3n) is 6.30. The molecule has 1 saturated carbocycles. The summed E-state index contributed by atoms with van der Waals surface area (Å²) in [6.07, 6.45) is 6.56. The molecule has 0 atom stereocenters. The van der Waals surface area contributed by atoms with E-state index in [9.17, 15) is 19.8 Å². The highest BCUT2D eigenvalue weighted by Gasteiger charge is 2.22. The SMILES string of the molecule is O=C(CCc1ccc(O)cc1)NCC1CCC(CNC(=O)CCc2ccc(O)cc2)CC1. The molecular formula is C26H34N2O4. The smallest absolute Gasteiger partial charge is 0.220 e. The molecule has 0 heterocycles. The summed E-state index contributed by atoms with van der Waals surface area (Å²) in [6, 6.07) is 13.9. The van der Waals surface area contributed by atoms with E-state index in [2.05, 4.69) is 10.6 Å². The molecule has 0 aromatic heterocycles. The molecule has 1 aliphatic carbocycles. The number of carbonyl (C=O) groups is 2. The first kappa shape index (κ1) is 23.6. The van der Waals surface area contributed by atoms with Crippen molar-refractivity contribution in [2.24, 2.45) is 11.8 Å². The van der Waals surface area contributed by atoms with Crippen LogP contribution in [0, 0.1) is 11.8 Å². The number of phenolic OH excluding ortho intramolecular Hbond substituents is 2. The summed E-state index contributed by atoms with van der Waals surface area (Å²) in [6.45, 7) is 1.44. The molecule has 0 bridgehead atoms. The average Bonchev–Trinajstić information content (AvgIpc) is 2.81. The number of aromatic hydroxyl groups is 2. The predicted molar refractivity (Wildman–Crippen MR) is 124 cm³/mol. The van der Waals surface area contributed by atoms with E-state index in [4.69, 9.17) is 0 Å². The minimum atomic E-state index is 0.0705. The fourth-order valence-electron chi connectivity index (χ4n) is 4.17. The van der Waals surface area contributed by atoms with Crippen LogP contribution < -0.4 is 10.6 Å². The quantitative estimate of drug-likeness (QED) is 0.455. The molecule has 6 nitrogen and oxygen atoms in total. The lowest BCUT2D eigenvalue weighted by Gasteiger charge is -2.28. The molecule has 0 spiro atoms. The van der Waals surface area contributed by atoms with Crippen LogP contribution in [0.2, 0.25) is 0 Å². The monoisotopic (exact) mass is 438 g/mol. The van der Waals surface area contributed by atoms with Crippen molar-refractivity contribution in [1.82, 2.24) is 10.6 Å². The van der Waals surface area contributed by atoms with E-state index in [0.29, 0.717) is 37.5 Å². The maximum atomic E-state index is 12.1. The van der Waals surface area contributed by atoms with Gasteiger partial charge < -0.3 is 20.8 Å². The number of amides is 2. The van der Waals surface area contributed by atoms with Crippen LogP contribution in [0.1, 0.15) is 49.7 Å². The summed E-state index contributed by atoms with van der Waals surface area (Å²) >= 11 is 0. The Morgan fingerprint density at radius 2 is 1.00 bits per heavy atom. The number of phenols is 2. The lowest BCUT2D eigenvalue weighted by atomic mass is 9.82. The van der Waals surface area contributed by atoms with Gasteiger partial charge in [-0.2, -0.15) is 0 Å². The van der Waals surface area contributed by atoms with Gasteiger partial charge in [-0.25, -0.2) is 0 Å². The van der Waals surface area contributed by atoms with Crippen LogP contribution in [0.3, 0.4) is 0 Å². The molecule has 2 amide bonds. The van der Waals surface area contributed by atoms with Crippen molar-refractivity contribution in [2.75, 3.05) is 13.1 Å². The van der Waals surface area contributed by atoms with Crippen molar-refractivity contribution in [3.05, 3.63) is 59.7 Å². The van der Waals surface area contributed by atoms with Gasteiger partial charge in [0.1, 0.15) is 11.5 Å². The van der Waals surface area contributed by atoms with Gasteiger partial charge in [-0.05, 0) is 85.8 Å². The summed E-state index contributed by atoms with van der Waals surface area (Å²) in [5.74, 6) is 1.63. The van der Waals surface area contributed by atoms with Gasteiger partial charge in [0.15, 0.2) is 0 Å². The zero-order chi connectivity index (χ0) is 22.8. The van der Waals surface area contributed by atoms with E-state index in [1.54, 1.807) is 24.3 Å². The van der Waals surface area contributed by atoms with Crippen LogP contribution in [0.15, 0.2) is 48.5 Å². The number of aryl methyl sites for hydroxylation is 2. The Morgan fingerprint density at radius 1 is 0.656 bits per heavy atom. The second-order valence-electron chi connectivity index (χ2n) is 8.83. The zero-order valence-corrected chi connectivity index (χ0v) is 18.6. The number of benzene rings is 2. The largest absolute Gasteiger partial charge is 0.508 e. The normalized spacial score (nSPS) is 18.1. The molecule has 2 aromatic carbocycles. The van der Waals surface area contributed by atoms with Crippen LogP contribution in [0.4, 0.5) is 0 Å².